The summed E-state index contributed by atoms with van der Waals surface area (Å²) in [6.07, 6.45) is 3.72. The lowest BCUT2D eigenvalue weighted by molar-refractivity contribution is 0.0601. The van der Waals surface area contributed by atoms with Crippen LogP contribution in [0.1, 0.15) is 50.9 Å². The van der Waals surface area contributed by atoms with Crippen molar-refractivity contribution in [3.8, 4) is 0 Å². The van der Waals surface area contributed by atoms with Crippen LogP contribution < -0.4 is 5.32 Å². The molecule has 3 rings (SSSR count). The molecule has 0 saturated heterocycles. The molecule has 6 nitrogen and oxygen atoms in total. The third-order valence-electron chi connectivity index (χ3n) is 4.62. The SMILES string of the molecule is CCS(=O)(=O)c1cccc(C(=O)Nc2sc3c(c2C(=O)OC)CCCC3)c1. The van der Waals surface area contributed by atoms with Gasteiger partial charge in [-0.05, 0) is 49.4 Å². The van der Waals surface area contributed by atoms with Gasteiger partial charge in [-0.2, -0.15) is 0 Å². The number of sulfone groups is 1. The number of hydrogen-bond acceptors (Lipinski definition) is 6. The molecule has 0 spiro atoms. The number of ether oxygens (including phenoxy) is 1. The minimum absolute atomic E-state index is 0.0395. The molecule has 1 amide bonds. The summed E-state index contributed by atoms with van der Waals surface area (Å²) in [6, 6.07) is 5.92. The van der Waals surface area contributed by atoms with Crippen molar-refractivity contribution < 1.29 is 22.7 Å². The maximum atomic E-state index is 12.7. The van der Waals surface area contributed by atoms with E-state index in [0.717, 1.165) is 36.1 Å². The summed E-state index contributed by atoms with van der Waals surface area (Å²) >= 11 is 1.39. The average Bonchev–Trinajstić information content (AvgIpc) is 3.05. The maximum absolute atomic E-state index is 12.7. The predicted octanol–water partition coefficient (Wildman–Crippen LogP) is 3.46. The normalized spacial score (nSPS) is 13.7. The second-order valence-corrected chi connectivity index (χ2v) is 9.68. The molecule has 0 saturated carbocycles. The van der Waals surface area contributed by atoms with Crippen LogP contribution in [0.2, 0.25) is 0 Å². The molecule has 1 aromatic heterocycles. The van der Waals surface area contributed by atoms with Crippen molar-refractivity contribution in [1.29, 1.82) is 0 Å². The molecule has 27 heavy (non-hydrogen) atoms. The number of esters is 1. The summed E-state index contributed by atoms with van der Waals surface area (Å²) in [5.41, 5.74) is 1.60. The molecule has 0 radical (unpaired) electrons. The number of fused-ring (bicyclic) bond motifs is 1. The van der Waals surface area contributed by atoms with Gasteiger partial charge < -0.3 is 10.1 Å². The number of methoxy groups -OCH3 is 1. The van der Waals surface area contributed by atoms with Gasteiger partial charge in [-0.25, -0.2) is 13.2 Å². The Hall–Kier alpha value is -2.19. The van der Waals surface area contributed by atoms with Gasteiger partial charge in [0.2, 0.25) is 0 Å². The van der Waals surface area contributed by atoms with Crippen molar-refractivity contribution in [2.24, 2.45) is 0 Å². The molecule has 8 heteroatoms. The van der Waals surface area contributed by atoms with Crippen LogP contribution in [0.4, 0.5) is 5.00 Å². The standard InChI is InChI=1S/C19H21NO5S2/c1-3-27(23,24)13-8-6-7-12(11-13)17(21)20-18-16(19(22)25-2)14-9-4-5-10-15(14)26-18/h6-8,11H,3-5,9-10H2,1-2H3,(H,20,21). The Morgan fingerprint density at radius 3 is 2.67 bits per heavy atom. The maximum Gasteiger partial charge on any atom is 0.341 e. The molecule has 0 aliphatic heterocycles. The summed E-state index contributed by atoms with van der Waals surface area (Å²) in [4.78, 5) is 26.2. The summed E-state index contributed by atoms with van der Waals surface area (Å²) in [6.45, 7) is 1.56. The van der Waals surface area contributed by atoms with E-state index in [1.165, 1.54) is 36.6 Å². The van der Waals surface area contributed by atoms with Crippen LogP contribution in [-0.2, 0) is 27.4 Å². The highest BCUT2D eigenvalue weighted by Crippen LogP contribution is 2.38. The average molecular weight is 408 g/mol. The molecule has 144 valence electrons. The Kier molecular flexibility index (Phi) is 5.67. The number of thiophene rings is 1. The third kappa shape index (κ3) is 3.91. The third-order valence-corrected chi connectivity index (χ3v) is 7.56. The predicted molar refractivity (Wildman–Crippen MR) is 104 cm³/mol. The first kappa shape index (κ1) is 19.6. The molecule has 1 heterocycles. The highest BCUT2D eigenvalue weighted by atomic mass is 32.2. The zero-order chi connectivity index (χ0) is 19.6. The molecule has 1 aliphatic carbocycles. The van der Waals surface area contributed by atoms with Gasteiger partial charge in [-0.1, -0.05) is 13.0 Å². The molecule has 1 aliphatic rings. The highest BCUT2D eigenvalue weighted by Gasteiger charge is 2.27. The first-order valence-corrected chi connectivity index (χ1v) is 11.2. The van der Waals surface area contributed by atoms with Gasteiger partial charge in [0.25, 0.3) is 5.91 Å². The van der Waals surface area contributed by atoms with Gasteiger partial charge in [-0.15, -0.1) is 11.3 Å². The molecular formula is C19H21NO5S2. The zero-order valence-electron chi connectivity index (χ0n) is 15.2. The molecule has 2 aromatic rings. The van der Waals surface area contributed by atoms with Crippen LogP contribution in [0.3, 0.4) is 0 Å². The van der Waals surface area contributed by atoms with E-state index in [4.69, 9.17) is 4.74 Å². The van der Waals surface area contributed by atoms with Crippen LogP contribution >= 0.6 is 11.3 Å². The van der Waals surface area contributed by atoms with E-state index in [-0.39, 0.29) is 16.2 Å². The number of carbonyl (C=O) groups excluding carboxylic acids is 2. The van der Waals surface area contributed by atoms with E-state index in [2.05, 4.69) is 5.32 Å². The van der Waals surface area contributed by atoms with E-state index >= 15 is 0 Å². The number of nitrogens with one attached hydrogen (secondary N) is 1. The topological polar surface area (TPSA) is 89.5 Å². The van der Waals surface area contributed by atoms with E-state index in [0.29, 0.717) is 10.6 Å². The smallest absolute Gasteiger partial charge is 0.341 e. The quantitative estimate of drug-likeness (QED) is 0.767. The van der Waals surface area contributed by atoms with E-state index in [9.17, 15) is 18.0 Å². The van der Waals surface area contributed by atoms with Gasteiger partial charge in [0.1, 0.15) is 5.00 Å². The Labute approximate surface area is 162 Å². The van der Waals surface area contributed by atoms with E-state index < -0.39 is 21.7 Å². The van der Waals surface area contributed by atoms with Crippen molar-refractivity contribution in [3.63, 3.8) is 0 Å². The lowest BCUT2D eigenvalue weighted by Gasteiger charge is -2.12. The Bertz CT molecular complexity index is 992. The Balaban J connectivity index is 1.94. The van der Waals surface area contributed by atoms with Gasteiger partial charge in [0.15, 0.2) is 9.84 Å². The number of anilines is 1. The number of hydrogen-bond donors (Lipinski definition) is 1. The van der Waals surface area contributed by atoms with E-state index in [1.807, 2.05) is 0 Å². The second-order valence-electron chi connectivity index (χ2n) is 6.29. The van der Waals surface area contributed by atoms with Crippen molar-refractivity contribution in [1.82, 2.24) is 0 Å². The summed E-state index contributed by atoms with van der Waals surface area (Å²) < 4.78 is 29.0. The zero-order valence-corrected chi connectivity index (χ0v) is 16.8. The summed E-state index contributed by atoms with van der Waals surface area (Å²) in [5, 5.41) is 3.24. The molecule has 0 fully saturated rings. The molecule has 1 N–H and O–H groups in total. The lowest BCUT2D eigenvalue weighted by Crippen LogP contribution is -2.15. The van der Waals surface area contributed by atoms with Gasteiger partial charge in [0.05, 0.1) is 23.3 Å². The molecule has 1 aromatic carbocycles. The van der Waals surface area contributed by atoms with Crippen molar-refractivity contribution in [3.05, 3.63) is 45.8 Å². The fourth-order valence-electron chi connectivity index (χ4n) is 3.14. The summed E-state index contributed by atoms with van der Waals surface area (Å²) in [7, 11) is -2.09. The highest BCUT2D eigenvalue weighted by molar-refractivity contribution is 7.91. The van der Waals surface area contributed by atoms with E-state index in [1.54, 1.807) is 13.0 Å². The minimum atomic E-state index is -3.41. The first-order chi connectivity index (χ1) is 12.9. The monoisotopic (exact) mass is 407 g/mol. The first-order valence-electron chi connectivity index (χ1n) is 8.74. The van der Waals surface area contributed by atoms with Crippen molar-refractivity contribution >= 4 is 38.1 Å². The Morgan fingerprint density at radius 1 is 1.22 bits per heavy atom. The fraction of sp³-hybridized carbons (Fsp3) is 0.368. The Morgan fingerprint density at radius 2 is 1.96 bits per heavy atom. The minimum Gasteiger partial charge on any atom is -0.465 e. The van der Waals surface area contributed by atoms with Crippen LogP contribution in [0.5, 0.6) is 0 Å². The fourth-order valence-corrected chi connectivity index (χ4v) is 5.34. The van der Waals surface area contributed by atoms with Gasteiger partial charge >= 0.3 is 5.97 Å². The second kappa shape index (κ2) is 7.82. The van der Waals surface area contributed by atoms with Crippen LogP contribution in [0, 0.1) is 0 Å². The number of amides is 1. The number of rotatable bonds is 5. The van der Waals surface area contributed by atoms with Crippen LogP contribution in [0.15, 0.2) is 29.2 Å². The molecule has 0 bridgehead atoms. The number of carbonyl (C=O) groups is 2. The van der Waals surface area contributed by atoms with Crippen LogP contribution in [-0.4, -0.2) is 33.2 Å². The number of benzene rings is 1. The molecule has 0 atom stereocenters. The van der Waals surface area contributed by atoms with Gasteiger partial charge in [-0.3, -0.25) is 4.79 Å². The largest absolute Gasteiger partial charge is 0.465 e. The van der Waals surface area contributed by atoms with Gasteiger partial charge in [0, 0.05) is 10.4 Å². The number of aryl methyl sites for hydroxylation is 1. The molecule has 0 unspecified atom stereocenters. The molecular weight excluding hydrogens is 386 g/mol. The lowest BCUT2D eigenvalue weighted by atomic mass is 9.95. The van der Waals surface area contributed by atoms with Crippen molar-refractivity contribution in [2.45, 2.75) is 37.5 Å². The van der Waals surface area contributed by atoms with Crippen molar-refractivity contribution in [2.75, 3.05) is 18.2 Å². The van der Waals surface area contributed by atoms with Crippen LogP contribution in [0.25, 0.3) is 0 Å². The summed E-state index contributed by atoms with van der Waals surface area (Å²) in [5.74, 6) is -0.957.